The predicted octanol–water partition coefficient (Wildman–Crippen LogP) is 1.07. The fourth-order valence-corrected chi connectivity index (χ4v) is 14.3. The fourth-order valence-electron chi connectivity index (χ4n) is 14.3. The Morgan fingerprint density at radius 1 is 0.646 bits per heavy atom. The zero-order valence-corrected chi connectivity index (χ0v) is 38.3. The third kappa shape index (κ3) is 8.79. The van der Waals surface area contributed by atoms with Gasteiger partial charge in [-0.3, -0.25) is 0 Å². The second-order valence-corrected chi connectivity index (χ2v) is 21.5. The van der Waals surface area contributed by atoms with Crippen molar-refractivity contribution in [1.29, 1.82) is 0 Å². The Bertz CT molecular complexity index is 1680. The molecule has 0 bridgehead atoms. The molecule has 17 unspecified atom stereocenters. The minimum atomic E-state index is -1.64. The highest BCUT2D eigenvalue weighted by atomic mass is 16.8. The molecular weight excluding hydrogens is 852 g/mol. The Kier molecular flexibility index (Phi) is 14.0. The lowest BCUT2D eigenvalue weighted by Gasteiger charge is -2.64. The molecule has 5 heterocycles. The van der Waals surface area contributed by atoms with E-state index < -0.39 is 117 Å². The molecule has 65 heavy (non-hydrogen) atoms. The van der Waals surface area contributed by atoms with E-state index in [2.05, 4.69) is 13.8 Å². The molecule has 0 spiro atoms. The third-order valence-electron chi connectivity index (χ3n) is 18.0. The number of fused-ring (bicyclic) bond motifs is 5. The second-order valence-electron chi connectivity index (χ2n) is 21.5. The molecular formula is C47H74O18. The molecule has 4 saturated carbocycles. The number of carbonyl (C=O) groups is 1. The molecule has 8 fully saturated rings. The van der Waals surface area contributed by atoms with Gasteiger partial charge in [-0.15, -0.1) is 0 Å². The van der Waals surface area contributed by atoms with Gasteiger partial charge in [0.25, 0.3) is 0 Å². The number of hydrogen-bond acceptors (Lipinski definition) is 18. The predicted molar refractivity (Wildman–Crippen MR) is 224 cm³/mol. The van der Waals surface area contributed by atoms with Gasteiger partial charge in [-0.2, -0.15) is 0 Å². The van der Waals surface area contributed by atoms with E-state index in [0.29, 0.717) is 18.4 Å². The Morgan fingerprint density at radius 3 is 1.78 bits per heavy atom. The summed E-state index contributed by atoms with van der Waals surface area (Å²) in [6, 6.07) is 0. The normalized spacial score (nSPS) is 54.8. The smallest absolute Gasteiger partial charge is 0.331 e. The van der Waals surface area contributed by atoms with Crippen LogP contribution < -0.4 is 0 Å². The molecule has 25 atom stereocenters. The van der Waals surface area contributed by atoms with E-state index in [9.17, 15) is 45.6 Å². The second kappa shape index (κ2) is 18.7. The van der Waals surface area contributed by atoms with Gasteiger partial charge in [-0.1, -0.05) is 13.8 Å². The van der Waals surface area contributed by atoms with Gasteiger partial charge in [0, 0.05) is 30.8 Å². The molecule has 18 heteroatoms. The van der Waals surface area contributed by atoms with Gasteiger partial charge in [0.15, 0.2) is 25.2 Å². The first kappa shape index (κ1) is 48.6. The molecule has 9 rings (SSSR count). The van der Waals surface area contributed by atoms with Gasteiger partial charge in [-0.05, 0) is 113 Å². The average molecular weight is 927 g/mol. The van der Waals surface area contributed by atoms with Crippen LogP contribution in [0.2, 0.25) is 0 Å². The zero-order chi connectivity index (χ0) is 46.3. The first-order chi connectivity index (χ1) is 30.8. The van der Waals surface area contributed by atoms with Crippen LogP contribution in [0.15, 0.2) is 11.6 Å². The molecule has 0 aromatic rings. The first-order valence-corrected chi connectivity index (χ1v) is 24.4. The van der Waals surface area contributed by atoms with Crippen LogP contribution in [0.4, 0.5) is 0 Å². The topological polar surface area (TPSA) is 262 Å². The molecule has 0 amide bonds. The molecule has 4 saturated heterocycles. The zero-order valence-electron chi connectivity index (χ0n) is 38.3. The molecule has 5 aliphatic heterocycles. The number of hydrogen-bond donors (Lipinski definition) is 8. The molecule has 4 aliphatic carbocycles. The summed E-state index contributed by atoms with van der Waals surface area (Å²) in [6.07, 6.45) is -7.33. The first-order valence-electron chi connectivity index (χ1n) is 24.4. The van der Waals surface area contributed by atoms with E-state index in [0.717, 1.165) is 63.4 Å². The molecule has 18 nitrogen and oxygen atoms in total. The summed E-state index contributed by atoms with van der Waals surface area (Å²) >= 11 is 0. The van der Waals surface area contributed by atoms with E-state index >= 15 is 0 Å². The van der Waals surface area contributed by atoms with E-state index in [1.54, 1.807) is 19.9 Å². The Labute approximate surface area is 380 Å². The average Bonchev–Trinajstić information content (AvgIpc) is 3.80. The fraction of sp³-hybridized carbons (Fsp3) is 0.936. The maximum atomic E-state index is 12.6. The molecule has 370 valence electrons. The minimum absolute atomic E-state index is 0.0150. The van der Waals surface area contributed by atoms with Crippen molar-refractivity contribution in [2.45, 2.75) is 228 Å². The molecule has 9 aliphatic rings. The van der Waals surface area contributed by atoms with Crippen LogP contribution in [0.5, 0.6) is 0 Å². The van der Waals surface area contributed by atoms with Gasteiger partial charge >= 0.3 is 5.97 Å². The summed E-state index contributed by atoms with van der Waals surface area (Å²) in [4.78, 5) is 12.0. The third-order valence-corrected chi connectivity index (χ3v) is 18.0. The summed E-state index contributed by atoms with van der Waals surface area (Å²) in [6.45, 7) is 9.61. The van der Waals surface area contributed by atoms with Gasteiger partial charge in [0.1, 0.15) is 49.3 Å². The lowest BCUT2D eigenvalue weighted by atomic mass is 9.43. The Balaban J connectivity index is 0.730. The Morgan fingerprint density at radius 2 is 1.23 bits per heavy atom. The Hall–Kier alpha value is -1.43. The molecule has 8 N–H and O–H groups in total. The van der Waals surface area contributed by atoms with Crippen molar-refractivity contribution >= 4 is 5.97 Å². The maximum Gasteiger partial charge on any atom is 0.331 e. The van der Waals surface area contributed by atoms with Gasteiger partial charge in [0.2, 0.25) is 0 Å². The van der Waals surface area contributed by atoms with Crippen LogP contribution in [0, 0.1) is 34.5 Å². The summed E-state index contributed by atoms with van der Waals surface area (Å²) in [5, 5.41) is 86.5. The van der Waals surface area contributed by atoms with Gasteiger partial charge in [-0.25, -0.2) is 4.79 Å². The number of aliphatic hydroxyl groups excluding tert-OH is 7. The molecule has 0 radical (unpaired) electrons. The number of ether oxygens (including phenoxy) is 9. The van der Waals surface area contributed by atoms with Crippen molar-refractivity contribution in [1.82, 2.24) is 0 Å². The van der Waals surface area contributed by atoms with Gasteiger partial charge < -0.3 is 83.5 Å². The van der Waals surface area contributed by atoms with Crippen LogP contribution in [0.1, 0.15) is 112 Å². The number of rotatable bonds is 10. The van der Waals surface area contributed by atoms with Crippen molar-refractivity contribution in [2.24, 2.45) is 34.5 Å². The van der Waals surface area contributed by atoms with E-state index in [-0.39, 0.29) is 54.0 Å². The van der Waals surface area contributed by atoms with Crippen molar-refractivity contribution in [3.8, 4) is 0 Å². The largest absolute Gasteiger partial charge is 0.458 e. The van der Waals surface area contributed by atoms with Crippen LogP contribution >= 0.6 is 0 Å². The van der Waals surface area contributed by atoms with E-state index in [1.807, 2.05) is 6.92 Å². The van der Waals surface area contributed by atoms with Crippen molar-refractivity contribution in [3.05, 3.63) is 11.6 Å². The molecule has 0 aromatic heterocycles. The highest BCUT2D eigenvalue weighted by molar-refractivity contribution is 5.85. The number of aliphatic hydroxyl groups is 8. The minimum Gasteiger partial charge on any atom is -0.458 e. The standard InChI is InChI=1S/C47H74O18/c1-21-41(63-36-17-31(50)42(22(2)59-36)64-37-18-32(51)43(23(3)60-37)65-44-40(55)39(54)38(53)33(19-48)62-44)30(49)16-35(58-21)61-26-8-11-45(4)25(15-26)6-7-29-28(45)9-12-46(5)27(10-13-47(29,46)56)24-14-34(52)57-20-24/h14,21-23,25-33,35-44,48-51,53-56H,6-13,15-20H2,1-5H3/t21?,22?,23?,25-,26+,27-,28+,29-,30?,31?,32?,33?,35?,36?,37?,38?,39?,40?,41?,42?,43?,44?,45+,46-,47-/m1/s1. The van der Waals surface area contributed by atoms with Crippen LogP contribution in [0.25, 0.3) is 0 Å². The van der Waals surface area contributed by atoms with E-state index in [1.165, 1.54) is 0 Å². The lowest BCUT2D eigenvalue weighted by molar-refractivity contribution is -0.355. The highest BCUT2D eigenvalue weighted by Crippen LogP contribution is 2.70. The SMILES string of the molecule is CC1OC(O[C@H]2CC[C@@]3(C)[C@H](CC[C@@H]4[C@@H]3CC[C@]3(C)[C@@H](C5=CC(=O)OC5)CC[C@@]43O)C2)CC(O)C1OC1CC(O)C(OC2CC(O)C(OC3OC(CO)C(O)C(O)C3O)C(C)O2)C(C)O1. The van der Waals surface area contributed by atoms with E-state index in [4.69, 9.17) is 42.6 Å². The van der Waals surface area contributed by atoms with Crippen molar-refractivity contribution < 1.29 is 88.3 Å². The maximum absolute atomic E-state index is 12.6. The monoisotopic (exact) mass is 926 g/mol. The summed E-state index contributed by atoms with van der Waals surface area (Å²) in [5.74, 6) is 1.01. The summed E-state index contributed by atoms with van der Waals surface area (Å²) in [5.41, 5.74) is 0.118. The highest BCUT2D eigenvalue weighted by Gasteiger charge is 2.68. The number of carbonyl (C=O) groups excluding carboxylic acids is 1. The number of cyclic esters (lactones) is 1. The van der Waals surface area contributed by atoms with Gasteiger partial charge in [0.05, 0.1) is 54.9 Å². The number of esters is 1. The van der Waals surface area contributed by atoms with Crippen LogP contribution in [-0.2, 0) is 47.4 Å². The van der Waals surface area contributed by atoms with Crippen LogP contribution in [-0.4, -0.2) is 176 Å². The van der Waals surface area contributed by atoms with Crippen molar-refractivity contribution in [3.63, 3.8) is 0 Å². The molecule has 0 aromatic carbocycles. The van der Waals surface area contributed by atoms with Crippen LogP contribution in [0.3, 0.4) is 0 Å². The quantitative estimate of drug-likeness (QED) is 0.113. The summed E-state index contributed by atoms with van der Waals surface area (Å²) < 4.78 is 54.1. The summed E-state index contributed by atoms with van der Waals surface area (Å²) in [7, 11) is 0. The van der Waals surface area contributed by atoms with Crippen molar-refractivity contribution in [2.75, 3.05) is 13.2 Å². The lowest BCUT2D eigenvalue weighted by Crippen LogP contribution is -2.62.